The first kappa shape index (κ1) is 13.5. The highest BCUT2D eigenvalue weighted by molar-refractivity contribution is 6.33. The zero-order valence-corrected chi connectivity index (χ0v) is 12.2. The molecule has 0 bridgehead atoms. The first-order chi connectivity index (χ1) is 9.63. The number of hydrogen-bond acceptors (Lipinski definition) is 3. The second kappa shape index (κ2) is 5.46. The predicted molar refractivity (Wildman–Crippen MR) is 80.9 cm³/mol. The van der Waals surface area contributed by atoms with Crippen molar-refractivity contribution < 1.29 is 0 Å². The number of nitrogens with one attached hydrogen (secondary N) is 1. The minimum Gasteiger partial charge on any atom is -0.383 e. The van der Waals surface area contributed by atoms with E-state index < -0.39 is 0 Å². The van der Waals surface area contributed by atoms with Gasteiger partial charge < -0.3 is 5.32 Å². The fourth-order valence-electron chi connectivity index (χ4n) is 2.29. The second-order valence-electron chi connectivity index (χ2n) is 4.77. The monoisotopic (exact) mass is 309 g/mol. The van der Waals surface area contributed by atoms with Crippen LogP contribution in [0.1, 0.15) is 17.7 Å². The Morgan fingerprint density at radius 2 is 2.15 bits per heavy atom. The van der Waals surface area contributed by atoms with Crippen LogP contribution >= 0.6 is 23.2 Å². The molecular weight excluding hydrogens is 297 g/mol. The largest absolute Gasteiger partial charge is 0.383 e. The summed E-state index contributed by atoms with van der Waals surface area (Å²) in [6, 6.07) is 6.81. The maximum Gasteiger partial charge on any atom is 0.269 e. The summed E-state index contributed by atoms with van der Waals surface area (Å²) in [5.41, 5.74) is 2.41. The number of aromatic nitrogens is 2. The van der Waals surface area contributed by atoms with Crippen molar-refractivity contribution in [3.8, 4) is 0 Å². The zero-order valence-electron chi connectivity index (χ0n) is 10.7. The standard InChI is InChI=1S/C14H13Cl2N3O/c15-10-3-4-11(16)9(6-10)8-19-14(20)7-13-12(18-19)2-1-5-17-13/h3-4,6-7,17H,1-2,5,8H2. The van der Waals surface area contributed by atoms with Crippen LogP contribution in [0.25, 0.3) is 0 Å². The van der Waals surface area contributed by atoms with Gasteiger partial charge in [0.1, 0.15) is 0 Å². The molecule has 2 heterocycles. The lowest BCUT2D eigenvalue weighted by Gasteiger charge is -2.18. The third-order valence-electron chi connectivity index (χ3n) is 3.31. The molecular formula is C14H13Cl2N3O. The quantitative estimate of drug-likeness (QED) is 0.927. The van der Waals surface area contributed by atoms with Gasteiger partial charge in [0.05, 0.1) is 17.9 Å². The number of halogens is 2. The van der Waals surface area contributed by atoms with Gasteiger partial charge in [0.15, 0.2) is 0 Å². The van der Waals surface area contributed by atoms with E-state index in [1.165, 1.54) is 4.68 Å². The highest BCUT2D eigenvalue weighted by atomic mass is 35.5. The molecule has 1 aliphatic heterocycles. The average molecular weight is 310 g/mol. The van der Waals surface area contributed by atoms with Gasteiger partial charge in [-0.15, -0.1) is 0 Å². The molecule has 1 aromatic carbocycles. The molecule has 20 heavy (non-hydrogen) atoms. The molecule has 6 heteroatoms. The summed E-state index contributed by atoms with van der Waals surface area (Å²) in [4.78, 5) is 12.1. The Hall–Kier alpha value is -1.52. The van der Waals surface area contributed by atoms with Crippen molar-refractivity contribution >= 4 is 28.9 Å². The molecule has 0 atom stereocenters. The lowest BCUT2D eigenvalue weighted by atomic mass is 10.1. The topological polar surface area (TPSA) is 46.9 Å². The van der Waals surface area contributed by atoms with Gasteiger partial charge in [-0.05, 0) is 36.6 Å². The molecule has 0 amide bonds. The van der Waals surface area contributed by atoms with Gasteiger partial charge in [-0.1, -0.05) is 23.2 Å². The maximum atomic E-state index is 12.1. The Morgan fingerprint density at radius 1 is 1.30 bits per heavy atom. The molecule has 0 spiro atoms. The Balaban J connectivity index is 1.98. The summed E-state index contributed by atoms with van der Waals surface area (Å²) in [5.74, 6) is 0. The summed E-state index contributed by atoms with van der Waals surface area (Å²) in [5, 5.41) is 8.79. The van der Waals surface area contributed by atoms with Crippen LogP contribution in [0.4, 0.5) is 5.69 Å². The van der Waals surface area contributed by atoms with E-state index in [2.05, 4.69) is 10.4 Å². The molecule has 0 saturated carbocycles. The molecule has 3 rings (SSSR count). The lowest BCUT2D eigenvalue weighted by molar-refractivity contribution is 0.608. The molecule has 0 fully saturated rings. The molecule has 0 aliphatic carbocycles. The third-order valence-corrected chi connectivity index (χ3v) is 3.91. The van der Waals surface area contributed by atoms with Crippen LogP contribution in [0, 0.1) is 0 Å². The first-order valence-electron chi connectivity index (χ1n) is 6.42. The van der Waals surface area contributed by atoms with Gasteiger partial charge in [0, 0.05) is 22.7 Å². The normalized spacial score (nSPS) is 13.7. The van der Waals surface area contributed by atoms with Crippen LogP contribution in [0.2, 0.25) is 10.0 Å². The minimum absolute atomic E-state index is 0.144. The number of aryl methyl sites for hydroxylation is 1. The molecule has 4 nitrogen and oxygen atoms in total. The van der Waals surface area contributed by atoms with Gasteiger partial charge in [-0.25, -0.2) is 4.68 Å². The molecule has 104 valence electrons. The van der Waals surface area contributed by atoms with Crippen molar-refractivity contribution in [3.63, 3.8) is 0 Å². The maximum absolute atomic E-state index is 12.1. The van der Waals surface area contributed by atoms with Crippen molar-refractivity contribution in [1.29, 1.82) is 0 Å². The van der Waals surface area contributed by atoms with Crippen LogP contribution < -0.4 is 10.9 Å². The smallest absolute Gasteiger partial charge is 0.269 e. The third kappa shape index (κ3) is 2.67. The highest BCUT2D eigenvalue weighted by Gasteiger charge is 2.13. The van der Waals surface area contributed by atoms with Crippen molar-refractivity contribution in [2.45, 2.75) is 19.4 Å². The van der Waals surface area contributed by atoms with E-state index >= 15 is 0 Å². The van der Waals surface area contributed by atoms with E-state index in [0.717, 1.165) is 36.3 Å². The first-order valence-corrected chi connectivity index (χ1v) is 7.18. The SMILES string of the molecule is O=c1cc2c(nn1Cc1cc(Cl)ccc1Cl)CCCN2. The second-order valence-corrected chi connectivity index (χ2v) is 5.61. The molecule has 1 aromatic heterocycles. The van der Waals surface area contributed by atoms with Gasteiger partial charge in [-0.3, -0.25) is 4.79 Å². The van der Waals surface area contributed by atoms with E-state index in [0.29, 0.717) is 16.6 Å². The number of nitrogens with zero attached hydrogens (tertiary/aromatic N) is 2. The van der Waals surface area contributed by atoms with Crippen molar-refractivity contribution in [1.82, 2.24) is 9.78 Å². The Bertz CT molecular complexity index is 712. The molecule has 0 radical (unpaired) electrons. The number of rotatable bonds is 2. The summed E-state index contributed by atoms with van der Waals surface area (Å²) in [7, 11) is 0. The van der Waals surface area contributed by atoms with E-state index in [1.807, 2.05) is 0 Å². The Labute approximate surface area is 126 Å². The summed E-state index contributed by atoms with van der Waals surface area (Å²) >= 11 is 12.1. The van der Waals surface area contributed by atoms with Crippen LogP contribution in [-0.2, 0) is 13.0 Å². The lowest BCUT2D eigenvalue weighted by Crippen LogP contribution is -2.27. The number of hydrogen-bond donors (Lipinski definition) is 1. The van der Waals surface area contributed by atoms with Crippen LogP contribution in [0.5, 0.6) is 0 Å². The average Bonchev–Trinajstić information content (AvgIpc) is 2.43. The molecule has 1 N–H and O–H groups in total. The van der Waals surface area contributed by atoms with Gasteiger partial charge in [0.25, 0.3) is 5.56 Å². The van der Waals surface area contributed by atoms with Crippen molar-refractivity contribution in [2.75, 3.05) is 11.9 Å². The van der Waals surface area contributed by atoms with Crippen LogP contribution in [0.15, 0.2) is 29.1 Å². The number of anilines is 1. The van der Waals surface area contributed by atoms with E-state index in [4.69, 9.17) is 23.2 Å². The number of benzene rings is 1. The fraction of sp³-hybridized carbons (Fsp3) is 0.286. The van der Waals surface area contributed by atoms with Crippen molar-refractivity contribution in [3.05, 3.63) is 55.9 Å². The molecule has 1 aliphatic rings. The van der Waals surface area contributed by atoms with Crippen LogP contribution in [0.3, 0.4) is 0 Å². The summed E-state index contributed by atoms with van der Waals surface area (Å²) < 4.78 is 1.43. The highest BCUT2D eigenvalue weighted by Crippen LogP contribution is 2.22. The van der Waals surface area contributed by atoms with Crippen molar-refractivity contribution in [2.24, 2.45) is 0 Å². The Morgan fingerprint density at radius 3 is 3.00 bits per heavy atom. The van der Waals surface area contributed by atoms with E-state index in [1.54, 1.807) is 24.3 Å². The Kier molecular flexibility index (Phi) is 3.68. The van der Waals surface area contributed by atoms with Gasteiger partial charge >= 0.3 is 0 Å². The fourth-order valence-corrected chi connectivity index (χ4v) is 2.66. The summed E-state index contributed by atoms with van der Waals surface area (Å²) in [6.07, 6.45) is 1.90. The molecule has 2 aromatic rings. The van der Waals surface area contributed by atoms with Gasteiger partial charge in [0.2, 0.25) is 0 Å². The zero-order chi connectivity index (χ0) is 14.1. The minimum atomic E-state index is -0.144. The van der Waals surface area contributed by atoms with E-state index in [-0.39, 0.29) is 5.56 Å². The summed E-state index contributed by atoms with van der Waals surface area (Å²) in [6.45, 7) is 1.21. The predicted octanol–water partition coefficient (Wildman–Crippen LogP) is 2.96. The number of fused-ring (bicyclic) bond motifs is 1. The molecule has 0 unspecified atom stereocenters. The molecule has 0 saturated heterocycles. The van der Waals surface area contributed by atoms with Crippen LogP contribution in [-0.4, -0.2) is 16.3 Å². The van der Waals surface area contributed by atoms with E-state index in [9.17, 15) is 4.79 Å². The van der Waals surface area contributed by atoms with Gasteiger partial charge in [-0.2, -0.15) is 5.10 Å².